The summed E-state index contributed by atoms with van der Waals surface area (Å²) in [5.41, 5.74) is 1.26. The molecule has 0 saturated carbocycles. The van der Waals surface area contributed by atoms with E-state index in [1.54, 1.807) is 11.3 Å². The van der Waals surface area contributed by atoms with Crippen LogP contribution in [0.3, 0.4) is 0 Å². The van der Waals surface area contributed by atoms with Crippen molar-refractivity contribution in [2.75, 3.05) is 39.4 Å². The van der Waals surface area contributed by atoms with Gasteiger partial charge in [0.1, 0.15) is 0 Å². The van der Waals surface area contributed by atoms with E-state index in [9.17, 15) is 0 Å². The van der Waals surface area contributed by atoms with Crippen LogP contribution >= 0.6 is 11.3 Å². The highest BCUT2D eigenvalue weighted by molar-refractivity contribution is 7.07. The van der Waals surface area contributed by atoms with Crippen LogP contribution in [0.4, 0.5) is 0 Å². The molecule has 0 amide bonds. The highest BCUT2D eigenvalue weighted by Crippen LogP contribution is 2.07. The number of aliphatic imine (C=N–C) groups is 1. The summed E-state index contributed by atoms with van der Waals surface area (Å²) in [5, 5.41) is 11.0. The lowest BCUT2D eigenvalue weighted by Crippen LogP contribution is -2.49. The van der Waals surface area contributed by atoms with Crippen molar-refractivity contribution in [2.45, 2.75) is 26.4 Å². The fourth-order valence-electron chi connectivity index (χ4n) is 2.29. The molecular formula is C15H26N4OS. The van der Waals surface area contributed by atoms with Gasteiger partial charge in [-0.15, -0.1) is 0 Å². The average molecular weight is 310 g/mol. The van der Waals surface area contributed by atoms with Gasteiger partial charge in [-0.1, -0.05) is 0 Å². The van der Waals surface area contributed by atoms with Gasteiger partial charge in [-0.05, 0) is 36.2 Å². The molecule has 1 aliphatic rings. The van der Waals surface area contributed by atoms with E-state index in [-0.39, 0.29) is 0 Å². The van der Waals surface area contributed by atoms with Gasteiger partial charge in [-0.2, -0.15) is 11.3 Å². The standard InChI is InChI=1S/C15H26N4OS/c1-3-16-15(18-11-14-4-9-21-12-14)17-10-13(2)19-5-7-20-8-6-19/h4,9,12-13H,3,5-8,10-11H2,1-2H3,(H2,16,17,18). The van der Waals surface area contributed by atoms with Crippen LogP contribution in [0.2, 0.25) is 0 Å². The number of nitrogens with zero attached hydrogens (tertiary/aromatic N) is 2. The van der Waals surface area contributed by atoms with E-state index >= 15 is 0 Å². The largest absolute Gasteiger partial charge is 0.379 e. The van der Waals surface area contributed by atoms with Gasteiger partial charge in [0.25, 0.3) is 0 Å². The number of ether oxygens (including phenoxy) is 1. The minimum atomic E-state index is 0.485. The van der Waals surface area contributed by atoms with Gasteiger partial charge in [0.15, 0.2) is 5.96 Å². The van der Waals surface area contributed by atoms with Crippen molar-refractivity contribution < 1.29 is 4.74 Å². The first-order valence-corrected chi connectivity index (χ1v) is 8.59. The highest BCUT2D eigenvalue weighted by atomic mass is 32.1. The number of morpholine rings is 1. The first kappa shape index (κ1) is 16.3. The molecule has 2 heterocycles. The Morgan fingerprint density at radius 2 is 2.24 bits per heavy atom. The predicted molar refractivity (Wildman–Crippen MR) is 89.0 cm³/mol. The Kier molecular flexibility index (Phi) is 6.99. The van der Waals surface area contributed by atoms with E-state index in [4.69, 9.17) is 4.74 Å². The molecule has 1 fully saturated rings. The molecule has 1 unspecified atom stereocenters. The molecule has 6 heteroatoms. The van der Waals surface area contributed by atoms with Gasteiger partial charge < -0.3 is 15.4 Å². The second kappa shape index (κ2) is 9.02. The van der Waals surface area contributed by atoms with E-state index < -0.39 is 0 Å². The summed E-state index contributed by atoms with van der Waals surface area (Å²) in [5.74, 6) is 0.892. The van der Waals surface area contributed by atoms with Crippen molar-refractivity contribution in [3.05, 3.63) is 22.4 Å². The lowest BCUT2D eigenvalue weighted by Gasteiger charge is -2.32. The smallest absolute Gasteiger partial charge is 0.191 e. The van der Waals surface area contributed by atoms with E-state index in [1.165, 1.54) is 5.56 Å². The summed E-state index contributed by atoms with van der Waals surface area (Å²) in [7, 11) is 0. The summed E-state index contributed by atoms with van der Waals surface area (Å²) in [4.78, 5) is 7.09. The molecule has 1 aromatic heterocycles. The minimum absolute atomic E-state index is 0.485. The number of thiophene rings is 1. The Hall–Kier alpha value is -1.11. The van der Waals surface area contributed by atoms with Crippen molar-refractivity contribution in [1.82, 2.24) is 15.5 Å². The monoisotopic (exact) mass is 310 g/mol. The molecule has 0 aromatic carbocycles. The number of nitrogens with one attached hydrogen (secondary N) is 2. The second-order valence-corrected chi connectivity index (χ2v) is 5.99. The zero-order valence-corrected chi connectivity index (χ0v) is 13.8. The molecule has 0 aliphatic carbocycles. The zero-order valence-electron chi connectivity index (χ0n) is 13.0. The van der Waals surface area contributed by atoms with Gasteiger partial charge in [0.2, 0.25) is 0 Å². The maximum Gasteiger partial charge on any atom is 0.191 e. The van der Waals surface area contributed by atoms with Crippen molar-refractivity contribution >= 4 is 17.3 Å². The third-order valence-electron chi connectivity index (χ3n) is 3.58. The Morgan fingerprint density at radius 3 is 2.90 bits per heavy atom. The van der Waals surface area contributed by atoms with Crippen LogP contribution < -0.4 is 10.6 Å². The molecule has 1 saturated heterocycles. The van der Waals surface area contributed by atoms with Gasteiger partial charge in [0, 0.05) is 32.2 Å². The van der Waals surface area contributed by atoms with Crippen LogP contribution in [0.15, 0.2) is 21.8 Å². The normalized spacial score (nSPS) is 18.5. The molecule has 1 aromatic rings. The zero-order chi connectivity index (χ0) is 14.9. The maximum absolute atomic E-state index is 5.40. The SMILES string of the molecule is CCNC(=NCc1ccsc1)NCC(C)N1CCOCC1. The van der Waals surface area contributed by atoms with Gasteiger partial charge in [-0.25, -0.2) is 4.99 Å². The molecule has 1 aliphatic heterocycles. The van der Waals surface area contributed by atoms with Crippen molar-refractivity contribution in [3.8, 4) is 0 Å². The molecule has 1 atom stereocenters. The van der Waals surface area contributed by atoms with E-state index in [1.807, 2.05) is 0 Å². The van der Waals surface area contributed by atoms with E-state index in [0.717, 1.165) is 51.9 Å². The molecule has 2 rings (SSSR count). The summed E-state index contributed by atoms with van der Waals surface area (Å²) in [6.45, 7) is 10.6. The highest BCUT2D eigenvalue weighted by Gasteiger charge is 2.16. The molecule has 2 N–H and O–H groups in total. The molecule has 21 heavy (non-hydrogen) atoms. The molecule has 5 nitrogen and oxygen atoms in total. The van der Waals surface area contributed by atoms with Crippen molar-refractivity contribution in [2.24, 2.45) is 4.99 Å². The topological polar surface area (TPSA) is 48.9 Å². The van der Waals surface area contributed by atoms with Crippen LogP contribution in [0.5, 0.6) is 0 Å². The molecule has 0 spiro atoms. The molecular weight excluding hydrogens is 284 g/mol. The third kappa shape index (κ3) is 5.65. The first-order valence-electron chi connectivity index (χ1n) is 7.64. The summed E-state index contributed by atoms with van der Waals surface area (Å²) in [6.07, 6.45) is 0. The van der Waals surface area contributed by atoms with Crippen LogP contribution in [0, 0.1) is 0 Å². The molecule has 0 radical (unpaired) electrons. The number of rotatable bonds is 6. The average Bonchev–Trinajstić information content (AvgIpc) is 3.04. The van der Waals surface area contributed by atoms with Crippen LogP contribution in [-0.2, 0) is 11.3 Å². The van der Waals surface area contributed by atoms with Gasteiger partial charge in [0.05, 0.1) is 19.8 Å². The van der Waals surface area contributed by atoms with Crippen LogP contribution in [0.1, 0.15) is 19.4 Å². The van der Waals surface area contributed by atoms with E-state index in [0.29, 0.717) is 6.04 Å². The van der Waals surface area contributed by atoms with Crippen LogP contribution in [-0.4, -0.2) is 56.3 Å². The Morgan fingerprint density at radius 1 is 1.43 bits per heavy atom. The van der Waals surface area contributed by atoms with Crippen molar-refractivity contribution in [3.63, 3.8) is 0 Å². The Balaban J connectivity index is 1.79. The third-order valence-corrected chi connectivity index (χ3v) is 4.31. The Labute approximate surface area is 131 Å². The Bertz CT molecular complexity index is 415. The molecule has 0 bridgehead atoms. The van der Waals surface area contributed by atoms with Gasteiger partial charge in [-0.3, -0.25) is 4.90 Å². The maximum atomic E-state index is 5.40. The fraction of sp³-hybridized carbons (Fsp3) is 0.667. The minimum Gasteiger partial charge on any atom is -0.379 e. The quantitative estimate of drug-likeness (QED) is 0.618. The predicted octanol–water partition coefficient (Wildman–Crippen LogP) is 1.52. The lowest BCUT2D eigenvalue weighted by atomic mass is 10.2. The van der Waals surface area contributed by atoms with Crippen molar-refractivity contribution in [1.29, 1.82) is 0 Å². The summed E-state index contributed by atoms with van der Waals surface area (Å²) < 4.78 is 5.40. The number of hydrogen-bond donors (Lipinski definition) is 2. The number of hydrogen-bond acceptors (Lipinski definition) is 4. The summed E-state index contributed by atoms with van der Waals surface area (Å²) in [6, 6.07) is 2.60. The fourth-order valence-corrected chi connectivity index (χ4v) is 2.95. The van der Waals surface area contributed by atoms with Crippen LogP contribution in [0.25, 0.3) is 0 Å². The molecule has 118 valence electrons. The summed E-state index contributed by atoms with van der Waals surface area (Å²) >= 11 is 1.71. The number of guanidine groups is 1. The first-order chi connectivity index (χ1) is 10.3. The van der Waals surface area contributed by atoms with Gasteiger partial charge >= 0.3 is 0 Å². The van der Waals surface area contributed by atoms with E-state index in [2.05, 4.69) is 51.2 Å². The lowest BCUT2D eigenvalue weighted by molar-refractivity contribution is 0.0211. The second-order valence-electron chi connectivity index (χ2n) is 5.21.